The van der Waals surface area contributed by atoms with Crippen LogP contribution >= 0.6 is 11.3 Å². The number of benzene rings is 2. The number of rotatable bonds is 3. The quantitative estimate of drug-likeness (QED) is 0.766. The van der Waals surface area contributed by atoms with Crippen LogP contribution in [0.3, 0.4) is 0 Å². The molecule has 0 saturated carbocycles. The highest BCUT2D eigenvalue weighted by atomic mass is 32.1. The summed E-state index contributed by atoms with van der Waals surface area (Å²) >= 11 is 1.32. The van der Waals surface area contributed by atoms with Gasteiger partial charge >= 0.3 is 0 Å². The second kappa shape index (κ2) is 6.48. The standard InChI is InChI=1S/C17H12N4O2S/c1-10(22)19-13-6-7-14-15(8-13)24-17(20-14)21-16(23)12-4-2-11(9-18)3-5-12/h2-8H,1H3,(H,19,22)(H,20,21,23). The second-order valence-electron chi connectivity index (χ2n) is 5.03. The van der Waals surface area contributed by atoms with Crippen LogP contribution in [0.1, 0.15) is 22.8 Å². The van der Waals surface area contributed by atoms with Crippen LogP contribution in [0.15, 0.2) is 42.5 Å². The van der Waals surface area contributed by atoms with Gasteiger partial charge in [-0.05, 0) is 42.5 Å². The number of nitrogens with zero attached hydrogens (tertiary/aromatic N) is 2. The van der Waals surface area contributed by atoms with Gasteiger partial charge in [-0.2, -0.15) is 5.26 Å². The molecular weight excluding hydrogens is 324 g/mol. The minimum absolute atomic E-state index is 0.145. The molecule has 0 aliphatic rings. The van der Waals surface area contributed by atoms with E-state index in [-0.39, 0.29) is 11.8 Å². The van der Waals surface area contributed by atoms with Crippen molar-refractivity contribution in [1.82, 2.24) is 4.98 Å². The molecule has 2 amide bonds. The number of carbonyl (C=O) groups excluding carboxylic acids is 2. The van der Waals surface area contributed by atoms with Crippen LogP contribution in [0.4, 0.5) is 10.8 Å². The number of aromatic nitrogens is 1. The summed E-state index contributed by atoms with van der Waals surface area (Å²) < 4.78 is 0.858. The van der Waals surface area contributed by atoms with Crippen molar-refractivity contribution in [3.63, 3.8) is 0 Å². The van der Waals surface area contributed by atoms with Gasteiger partial charge in [0.25, 0.3) is 5.91 Å². The molecule has 0 unspecified atom stereocenters. The zero-order valence-corrected chi connectivity index (χ0v) is 13.5. The van der Waals surface area contributed by atoms with Crippen molar-refractivity contribution < 1.29 is 9.59 Å². The van der Waals surface area contributed by atoms with E-state index < -0.39 is 0 Å². The Morgan fingerprint density at radius 2 is 1.88 bits per heavy atom. The Balaban J connectivity index is 1.80. The molecule has 1 heterocycles. The van der Waals surface area contributed by atoms with Crippen molar-refractivity contribution >= 4 is 44.2 Å². The van der Waals surface area contributed by atoms with Gasteiger partial charge in [0.15, 0.2) is 5.13 Å². The van der Waals surface area contributed by atoms with Gasteiger partial charge in [-0.1, -0.05) is 11.3 Å². The normalized spacial score (nSPS) is 10.2. The molecule has 118 valence electrons. The lowest BCUT2D eigenvalue weighted by molar-refractivity contribution is -0.114. The van der Waals surface area contributed by atoms with Crippen LogP contribution in [0.25, 0.3) is 10.2 Å². The predicted octanol–water partition coefficient (Wildman–Crippen LogP) is 3.38. The first kappa shape index (κ1) is 15.6. The smallest absolute Gasteiger partial charge is 0.257 e. The van der Waals surface area contributed by atoms with Gasteiger partial charge in [0.1, 0.15) is 0 Å². The van der Waals surface area contributed by atoms with Gasteiger partial charge in [0.05, 0.1) is 21.8 Å². The maximum absolute atomic E-state index is 12.2. The Bertz CT molecular complexity index is 970. The van der Waals surface area contributed by atoms with E-state index in [0.29, 0.717) is 21.9 Å². The minimum atomic E-state index is -0.291. The molecule has 0 spiro atoms. The average Bonchev–Trinajstić information content (AvgIpc) is 2.95. The van der Waals surface area contributed by atoms with Crippen LogP contribution in [0, 0.1) is 11.3 Å². The fourth-order valence-corrected chi connectivity index (χ4v) is 3.02. The Morgan fingerprint density at radius 1 is 1.12 bits per heavy atom. The topological polar surface area (TPSA) is 94.9 Å². The molecule has 24 heavy (non-hydrogen) atoms. The van der Waals surface area contributed by atoms with Crippen LogP contribution in [0.2, 0.25) is 0 Å². The van der Waals surface area contributed by atoms with Crippen LogP contribution in [-0.4, -0.2) is 16.8 Å². The first-order valence-electron chi connectivity index (χ1n) is 7.05. The van der Waals surface area contributed by atoms with Gasteiger partial charge in [0, 0.05) is 18.2 Å². The Kier molecular flexibility index (Phi) is 4.22. The van der Waals surface area contributed by atoms with Crippen molar-refractivity contribution in [2.24, 2.45) is 0 Å². The molecule has 3 rings (SSSR count). The van der Waals surface area contributed by atoms with Gasteiger partial charge in [-0.15, -0.1) is 0 Å². The lowest BCUT2D eigenvalue weighted by atomic mass is 10.1. The van der Waals surface area contributed by atoms with E-state index in [2.05, 4.69) is 15.6 Å². The molecule has 0 radical (unpaired) electrons. The van der Waals surface area contributed by atoms with Crippen LogP contribution < -0.4 is 10.6 Å². The summed E-state index contributed by atoms with van der Waals surface area (Å²) in [5.74, 6) is -0.436. The number of nitrogens with one attached hydrogen (secondary N) is 2. The summed E-state index contributed by atoms with van der Waals surface area (Å²) in [6.45, 7) is 1.44. The number of carbonyl (C=O) groups is 2. The van der Waals surface area contributed by atoms with Crippen molar-refractivity contribution in [1.29, 1.82) is 5.26 Å². The zero-order chi connectivity index (χ0) is 17.1. The summed E-state index contributed by atoms with van der Waals surface area (Å²) in [7, 11) is 0. The minimum Gasteiger partial charge on any atom is -0.326 e. The van der Waals surface area contributed by atoms with E-state index in [4.69, 9.17) is 5.26 Å². The number of thiazole rings is 1. The third kappa shape index (κ3) is 3.39. The van der Waals surface area contributed by atoms with Crippen LogP contribution in [-0.2, 0) is 4.79 Å². The summed E-state index contributed by atoms with van der Waals surface area (Å²) in [6.07, 6.45) is 0. The van der Waals surface area contributed by atoms with Gasteiger partial charge < -0.3 is 5.32 Å². The molecular formula is C17H12N4O2S. The van der Waals surface area contributed by atoms with Crippen molar-refractivity contribution in [2.45, 2.75) is 6.92 Å². The average molecular weight is 336 g/mol. The lowest BCUT2D eigenvalue weighted by Crippen LogP contribution is -2.11. The molecule has 0 saturated heterocycles. The zero-order valence-electron chi connectivity index (χ0n) is 12.7. The number of hydrogen-bond donors (Lipinski definition) is 2. The number of hydrogen-bond acceptors (Lipinski definition) is 5. The van der Waals surface area contributed by atoms with E-state index in [0.717, 1.165) is 10.2 Å². The molecule has 6 nitrogen and oxygen atoms in total. The molecule has 0 atom stereocenters. The highest BCUT2D eigenvalue weighted by molar-refractivity contribution is 7.22. The SMILES string of the molecule is CC(=O)Nc1ccc2nc(NC(=O)c3ccc(C#N)cc3)sc2c1. The number of amides is 2. The maximum atomic E-state index is 12.2. The molecule has 1 aromatic heterocycles. The monoisotopic (exact) mass is 336 g/mol. The third-order valence-corrected chi connectivity index (χ3v) is 4.14. The Labute approximate surface area is 141 Å². The van der Waals surface area contributed by atoms with E-state index in [9.17, 15) is 9.59 Å². The molecule has 0 aliphatic heterocycles. The highest BCUT2D eigenvalue weighted by Crippen LogP contribution is 2.28. The number of anilines is 2. The van der Waals surface area contributed by atoms with Gasteiger partial charge in [-0.25, -0.2) is 4.98 Å². The molecule has 0 aliphatic carbocycles. The first-order valence-corrected chi connectivity index (χ1v) is 7.86. The first-order chi connectivity index (χ1) is 11.5. The van der Waals surface area contributed by atoms with Crippen molar-refractivity contribution in [3.05, 3.63) is 53.6 Å². The number of nitriles is 1. The Morgan fingerprint density at radius 3 is 2.54 bits per heavy atom. The second-order valence-corrected chi connectivity index (χ2v) is 6.06. The summed E-state index contributed by atoms with van der Waals surface area (Å²) in [5.41, 5.74) is 2.37. The predicted molar refractivity (Wildman–Crippen MR) is 93.0 cm³/mol. The molecule has 7 heteroatoms. The summed E-state index contributed by atoms with van der Waals surface area (Å²) in [6, 6.07) is 13.7. The van der Waals surface area contributed by atoms with Gasteiger partial charge in [-0.3, -0.25) is 14.9 Å². The molecule has 0 bridgehead atoms. The van der Waals surface area contributed by atoms with Gasteiger partial charge in [0.2, 0.25) is 5.91 Å². The van der Waals surface area contributed by atoms with Crippen molar-refractivity contribution in [3.8, 4) is 6.07 Å². The van der Waals surface area contributed by atoms with Crippen LogP contribution in [0.5, 0.6) is 0 Å². The molecule has 2 aromatic carbocycles. The highest BCUT2D eigenvalue weighted by Gasteiger charge is 2.10. The largest absolute Gasteiger partial charge is 0.326 e. The molecule has 0 fully saturated rings. The summed E-state index contributed by atoms with van der Waals surface area (Å²) in [4.78, 5) is 27.7. The molecule has 2 N–H and O–H groups in total. The molecule has 3 aromatic rings. The fourth-order valence-electron chi connectivity index (χ4n) is 2.12. The lowest BCUT2D eigenvalue weighted by Gasteiger charge is -2.01. The van der Waals surface area contributed by atoms with E-state index in [1.807, 2.05) is 12.1 Å². The Hall–Kier alpha value is -3.24. The third-order valence-electron chi connectivity index (χ3n) is 3.21. The van der Waals surface area contributed by atoms with E-state index in [1.165, 1.54) is 18.3 Å². The van der Waals surface area contributed by atoms with E-state index >= 15 is 0 Å². The van der Waals surface area contributed by atoms with Crippen molar-refractivity contribution in [2.75, 3.05) is 10.6 Å². The maximum Gasteiger partial charge on any atom is 0.257 e. The number of fused-ring (bicyclic) bond motifs is 1. The summed E-state index contributed by atoms with van der Waals surface area (Å²) in [5, 5.41) is 14.7. The van der Waals surface area contributed by atoms with E-state index in [1.54, 1.807) is 36.4 Å². The fraction of sp³-hybridized carbons (Fsp3) is 0.0588.